The van der Waals surface area contributed by atoms with Gasteiger partial charge in [0, 0.05) is 37.7 Å². The molecule has 1 spiro atoms. The minimum atomic E-state index is -2.95. The highest BCUT2D eigenvalue weighted by Gasteiger charge is 2.87. The molecule has 0 N–H and O–H groups in total. The lowest BCUT2D eigenvalue weighted by atomic mass is 9.70. The monoisotopic (exact) mass is 547 g/mol. The number of amides is 1. The number of rotatable bonds is 6. The summed E-state index contributed by atoms with van der Waals surface area (Å²) in [5.74, 6) is 3.13. The average Bonchev–Trinajstić information content (AvgIpc) is 3.57. The van der Waals surface area contributed by atoms with Crippen LogP contribution in [0.15, 0.2) is 36.8 Å². The Morgan fingerprint density at radius 3 is 2.85 bits per heavy atom. The highest BCUT2D eigenvalue weighted by Crippen LogP contribution is 2.92. The van der Waals surface area contributed by atoms with Crippen LogP contribution in [0.25, 0.3) is 16.9 Å². The third kappa shape index (κ3) is 3.48. The topological polar surface area (TPSA) is 117 Å². The molecular weight excluding hydrogens is 520 g/mol. The van der Waals surface area contributed by atoms with Gasteiger partial charge in [0.05, 0.1) is 6.54 Å². The Balaban J connectivity index is 0.949. The van der Waals surface area contributed by atoms with Gasteiger partial charge in [-0.2, -0.15) is 13.5 Å². The van der Waals surface area contributed by atoms with Crippen molar-refractivity contribution in [3.63, 3.8) is 0 Å². The molecule has 0 bridgehead atoms. The molecule has 3 aromatic heterocycles. The number of nitrogens with zero attached hydrogens (tertiary/aromatic N) is 9. The number of aromatic nitrogens is 8. The number of benzene rings is 1. The van der Waals surface area contributed by atoms with Crippen LogP contribution in [0.1, 0.15) is 43.8 Å². The van der Waals surface area contributed by atoms with Gasteiger partial charge >= 0.3 is 6.61 Å². The van der Waals surface area contributed by atoms with Crippen LogP contribution in [-0.4, -0.2) is 63.7 Å². The third-order valence-corrected chi connectivity index (χ3v) is 9.87. The quantitative estimate of drug-likeness (QED) is 0.361. The lowest BCUT2D eigenvalue weighted by molar-refractivity contribution is -0.138. The predicted molar refractivity (Wildman–Crippen MR) is 135 cm³/mol. The van der Waals surface area contributed by atoms with Crippen LogP contribution in [-0.2, 0) is 24.3 Å². The molecule has 1 amide bonds. The van der Waals surface area contributed by atoms with E-state index in [-0.39, 0.29) is 28.5 Å². The Morgan fingerprint density at radius 2 is 2.02 bits per heavy atom. The van der Waals surface area contributed by atoms with Gasteiger partial charge in [-0.25, -0.2) is 9.97 Å². The number of hydrogen-bond acceptors (Lipinski definition) is 8. The van der Waals surface area contributed by atoms with Gasteiger partial charge in [0.15, 0.2) is 22.9 Å². The zero-order chi connectivity index (χ0) is 27.1. The first kappa shape index (κ1) is 23.8. The van der Waals surface area contributed by atoms with E-state index < -0.39 is 6.61 Å². The maximum absolute atomic E-state index is 13.3. The maximum atomic E-state index is 13.3. The first-order valence-electron chi connectivity index (χ1n) is 13.7. The number of alkyl halides is 2. The van der Waals surface area contributed by atoms with Crippen molar-refractivity contribution in [1.29, 1.82) is 0 Å². The minimum absolute atomic E-state index is 0.0229. The van der Waals surface area contributed by atoms with Crippen LogP contribution in [0.2, 0.25) is 0 Å². The Kier molecular flexibility index (Phi) is 5.05. The Morgan fingerprint density at radius 1 is 1.15 bits per heavy atom. The SMILES string of the molecule is O=C(C1CCC2(CC1)C1CC12Cc1nccc(-n2nnc3c(OC(F)F)cccc32)n1)N1CCn2cnnc2C1. The molecule has 206 valence electrons. The van der Waals surface area contributed by atoms with Crippen molar-refractivity contribution in [3.05, 3.63) is 48.4 Å². The van der Waals surface area contributed by atoms with E-state index in [1.165, 1.54) is 17.2 Å². The average molecular weight is 548 g/mol. The van der Waals surface area contributed by atoms with Gasteiger partial charge in [0.1, 0.15) is 17.7 Å². The molecule has 4 heterocycles. The Labute approximate surface area is 227 Å². The number of carbonyl (C=O) groups excluding carboxylic acids is 1. The molecule has 1 aliphatic heterocycles. The van der Waals surface area contributed by atoms with Crippen LogP contribution in [0, 0.1) is 22.7 Å². The molecular formula is C27H27F2N9O2. The van der Waals surface area contributed by atoms with Crippen LogP contribution in [0.3, 0.4) is 0 Å². The summed E-state index contributed by atoms with van der Waals surface area (Å²) >= 11 is 0. The molecule has 4 aromatic rings. The number of ether oxygens (including phenoxy) is 1. The van der Waals surface area contributed by atoms with Crippen molar-refractivity contribution >= 4 is 16.9 Å². The van der Waals surface area contributed by atoms with Gasteiger partial charge in [-0.1, -0.05) is 11.3 Å². The van der Waals surface area contributed by atoms with Crippen molar-refractivity contribution in [3.8, 4) is 11.6 Å². The summed E-state index contributed by atoms with van der Waals surface area (Å²) in [7, 11) is 0. The van der Waals surface area contributed by atoms with Gasteiger partial charge in [0.25, 0.3) is 0 Å². The molecule has 3 aliphatic carbocycles. The molecule has 13 heteroatoms. The summed E-state index contributed by atoms with van der Waals surface area (Å²) in [5, 5.41) is 16.3. The van der Waals surface area contributed by atoms with E-state index >= 15 is 0 Å². The van der Waals surface area contributed by atoms with Crippen molar-refractivity contribution < 1.29 is 18.3 Å². The standard InChI is InChI=1S/C27H27F2N9O2/c28-25(29)40-18-3-1-2-17-23(18)34-35-38(17)21-6-9-30-20(32-21)13-27-12-19(27)26(27)7-4-16(5-8-26)24(39)36-10-11-37-15-31-33-22(37)14-36/h1-3,6,9,15-16,19,25H,4-5,7-8,10-14H2. The largest absolute Gasteiger partial charge is 0.432 e. The van der Waals surface area contributed by atoms with E-state index in [9.17, 15) is 13.6 Å². The lowest BCUT2D eigenvalue weighted by Crippen LogP contribution is -2.43. The van der Waals surface area contributed by atoms with Crippen LogP contribution >= 0.6 is 0 Å². The van der Waals surface area contributed by atoms with Crippen LogP contribution in [0.5, 0.6) is 5.75 Å². The minimum Gasteiger partial charge on any atom is -0.432 e. The summed E-state index contributed by atoms with van der Waals surface area (Å²) in [6.45, 7) is -0.932. The van der Waals surface area contributed by atoms with Crippen molar-refractivity contribution in [2.45, 2.75) is 58.2 Å². The van der Waals surface area contributed by atoms with E-state index in [2.05, 4.69) is 30.2 Å². The number of halogens is 2. The molecule has 1 aromatic carbocycles. The Bertz CT molecular complexity index is 1630. The van der Waals surface area contributed by atoms with E-state index in [1.807, 2.05) is 9.47 Å². The first-order valence-corrected chi connectivity index (χ1v) is 13.7. The zero-order valence-corrected chi connectivity index (χ0v) is 21.7. The van der Waals surface area contributed by atoms with Crippen molar-refractivity contribution in [2.75, 3.05) is 6.54 Å². The van der Waals surface area contributed by atoms with E-state index in [0.29, 0.717) is 35.8 Å². The fourth-order valence-electron chi connectivity index (χ4n) is 7.68. The second-order valence-corrected chi connectivity index (χ2v) is 11.6. The molecule has 2 atom stereocenters. The molecule has 0 radical (unpaired) electrons. The van der Waals surface area contributed by atoms with Gasteiger partial charge in [-0.3, -0.25) is 4.79 Å². The van der Waals surface area contributed by atoms with E-state index in [1.54, 1.807) is 30.7 Å². The normalized spacial score (nSPS) is 28.5. The fraction of sp³-hybridized carbons (Fsp3) is 0.519. The first-order chi connectivity index (χ1) is 19.5. The lowest BCUT2D eigenvalue weighted by Gasteiger charge is -2.37. The second kappa shape index (κ2) is 8.48. The number of hydrogen-bond donors (Lipinski definition) is 0. The number of fused-ring (bicyclic) bond motifs is 5. The second-order valence-electron chi connectivity index (χ2n) is 11.6. The van der Waals surface area contributed by atoms with Crippen LogP contribution < -0.4 is 4.74 Å². The van der Waals surface area contributed by atoms with Crippen LogP contribution in [0.4, 0.5) is 8.78 Å². The summed E-state index contributed by atoms with van der Waals surface area (Å²) in [6, 6.07) is 6.56. The summed E-state index contributed by atoms with van der Waals surface area (Å²) < 4.78 is 33.8. The fourth-order valence-corrected chi connectivity index (χ4v) is 7.68. The molecule has 3 saturated carbocycles. The maximum Gasteiger partial charge on any atom is 0.387 e. The Hall–Kier alpha value is -4.03. The van der Waals surface area contributed by atoms with E-state index in [4.69, 9.17) is 4.98 Å². The molecule has 0 saturated heterocycles. The summed E-state index contributed by atoms with van der Waals surface area (Å²) in [4.78, 5) is 24.6. The third-order valence-electron chi connectivity index (χ3n) is 9.87. The molecule has 2 unspecified atom stereocenters. The molecule has 11 nitrogen and oxygen atoms in total. The van der Waals surface area contributed by atoms with Gasteiger partial charge in [-0.15, -0.1) is 15.3 Å². The molecule has 4 aliphatic rings. The van der Waals surface area contributed by atoms with Crippen molar-refractivity contribution in [1.82, 2.24) is 44.6 Å². The highest BCUT2D eigenvalue weighted by molar-refractivity contribution is 5.82. The van der Waals surface area contributed by atoms with E-state index in [0.717, 1.165) is 50.3 Å². The summed E-state index contributed by atoms with van der Waals surface area (Å²) in [5.41, 5.74) is 1.31. The van der Waals surface area contributed by atoms with Gasteiger partial charge in [-0.05, 0) is 61.0 Å². The number of carbonyl (C=O) groups is 1. The van der Waals surface area contributed by atoms with Crippen molar-refractivity contribution in [2.24, 2.45) is 22.7 Å². The predicted octanol–water partition coefficient (Wildman–Crippen LogP) is 3.18. The molecule has 8 rings (SSSR count). The zero-order valence-electron chi connectivity index (χ0n) is 21.7. The smallest absolute Gasteiger partial charge is 0.387 e. The molecule has 40 heavy (non-hydrogen) atoms. The highest BCUT2D eigenvalue weighted by atomic mass is 19.3. The van der Waals surface area contributed by atoms with Gasteiger partial charge < -0.3 is 14.2 Å². The molecule has 3 fully saturated rings. The summed E-state index contributed by atoms with van der Waals surface area (Å²) in [6.07, 6.45) is 9.40. The van der Waals surface area contributed by atoms with Gasteiger partial charge in [0.2, 0.25) is 5.91 Å².